The average Bonchev–Trinajstić information content (AvgIpc) is 2.63. The molecule has 1 aliphatic heterocycles. The predicted octanol–water partition coefficient (Wildman–Crippen LogP) is 0.884. The Labute approximate surface area is 99.0 Å². The number of para-hydroxylation sites is 1. The summed E-state index contributed by atoms with van der Waals surface area (Å²) in [6.45, 7) is 0.0188. The van der Waals surface area contributed by atoms with Crippen molar-refractivity contribution in [3.63, 3.8) is 0 Å². The van der Waals surface area contributed by atoms with Gasteiger partial charge in [0.25, 0.3) is 5.91 Å². The molecule has 90 valence electrons. The minimum Gasteiger partial charge on any atom is -0.396 e. The highest BCUT2D eigenvalue weighted by molar-refractivity contribution is 6.21. The molecule has 2 N–H and O–H groups in total. The van der Waals surface area contributed by atoms with Gasteiger partial charge < -0.3 is 10.4 Å². The molecule has 0 spiro atoms. The Hall–Kier alpha value is -1.88. The smallest absolute Gasteiger partial charge is 0.329 e. The minimum absolute atomic E-state index is 0.0188. The molecule has 0 radical (unpaired) electrons. The van der Waals surface area contributed by atoms with Gasteiger partial charge in [0, 0.05) is 6.61 Å². The van der Waals surface area contributed by atoms with Crippen LogP contribution in [0.4, 0.5) is 10.5 Å². The first kappa shape index (κ1) is 11.6. The van der Waals surface area contributed by atoms with E-state index in [2.05, 4.69) is 5.32 Å². The molecule has 0 aromatic heterocycles. The summed E-state index contributed by atoms with van der Waals surface area (Å²) in [6.07, 6.45) is 0.962. The van der Waals surface area contributed by atoms with Gasteiger partial charge in [0.1, 0.15) is 6.04 Å². The van der Waals surface area contributed by atoms with Gasteiger partial charge in [-0.2, -0.15) is 0 Å². The SMILES string of the molecule is O=C1NC(CCCO)C(=O)N1c1ccccc1. The van der Waals surface area contributed by atoms with E-state index >= 15 is 0 Å². The lowest BCUT2D eigenvalue weighted by Crippen LogP contribution is -2.31. The first-order valence-corrected chi connectivity index (χ1v) is 5.54. The molecule has 1 atom stereocenters. The number of hydrogen-bond acceptors (Lipinski definition) is 3. The number of carbonyl (C=O) groups excluding carboxylic acids is 2. The zero-order valence-corrected chi connectivity index (χ0v) is 9.30. The summed E-state index contributed by atoms with van der Waals surface area (Å²) >= 11 is 0. The number of aliphatic hydroxyl groups excluding tert-OH is 1. The molecule has 2 rings (SSSR count). The lowest BCUT2D eigenvalue weighted by molar-refractivity contribution is -0.118. The number of aliphatic hydroxyl groups is 1. The number of benzene rings is 1. The predicted molar refractivity (Wildman–Crippen MR) is 62.6 cm³/mol. The Morgan fingerprint density at radius 3 is 2.59 bits per heavy atom. The van der Waals surface area contributed by atoms with Crippen LogP contribution in [0, 0.1) is 0 Å². The molecule has 1 saturated heterocycles. The molecule has 1 heterocycles. The number of anilines is 1. The van der Waals surface area contributed by atoms with E-state index in [1.807, 2.05) is 6.07 Å². The van der Waals surface area contributed by atoms with Crippen LogP contribution in [-0.4, -0.2) is 29.7 Å². The lowest BCUT2D eigenvalue weighted by Gasteiger charge is -2.12. The second kappa shape index (κ2) is 4.97. The summed E-state index contributed by atoms with van der Waals surface area (Å²) in [4.78, 5) is 24.8. The number of nitrogens with one attached hydrogen (secondary N) is 1. The van der Waals surface area contributed by atoms with Gasteiger partial charge in [-0.05, 0) is 25.0 Å². The van der Waals surface area contributed by atoms with Gasteiger partial charge in [-0.3, -0.25) is 4.79 Å². The number of urea groups is 1. The van der Waals surface area contributed by atoms with Gasteiger partial charge in [-0.1, -0.05) is 18.2 Å². The first-order valence-electron chi connectivity index (χ1n) is 5.54. The highest BCUT2D eigenvalue weighted by atomic mass is 16.3. The molecule has 5 nitrogen and oxygen atoms in total. The first-order chi connectivity index (χ1) is 8.24. The van der Waals surface area contributed by atoms with E-state index in [1.165, 1.54) is 0 Å². The molecule has 0 aliphatic carbocycles. The molecule has 1 aliphatic rings. The number of nitrogens with zero attached hydrogens (tertiary/aromatic N) is 1. The summed E-state index contributed by atoms with van der Waals surface area (Å²) < 4.78 is 0. The normalized spacial score (nSPS) is 19.6. The lowest BCUT2D eigenvalue weighted by atomic mass is 10.1. The second-order valence-electron chi connectivity index (χ2n) is 3.88. The van der Waals surface area contributed by atoms with Crippen molar-refractivity contribution in [3.8, 4) is 0 Å². The number of imide groups is 1. The topological polar surface area (TPSA) is 69.6 Å². The molecule has 1 unspecified atom stereocenters. The highest BCUT2D eigenvalue weighted by Crippen LogP contribution is 2.20. The largest absolute Gasteiger partial charge is 0.396 e. The molecule has 3 amide bonds. The molecule has 0 bridgehead atoms. The molecule has 5 heteroatoms. The van der Waals surface area contributed by atoms with Crippen molar-refractivity contribution >= 4 is 17.6 Å². The minimum atomic E-state index is -0.519. The van der Waals surface area contributed by atoms with Gasteiger partial charge in [0.15, 0.2) is 0 Å². The fourth-order valence-corrected chi connectivity index (χ4v) is 1.84. The van der Waals surface area contributed by atoms with Gasteiger partial charge in [0.2, 0.25) is 0 Å². The van der Waals surface area contributed by atoms with Gasteiger partial charge in [-0.25, -0.2) is 9.69 Å². The van der Waals surface area contributed by atoms with E-state index in [4.69, 9.17) is 5.11 Å². The van der Waals surface area contributed by atoms with Crippen molar-refractivity contribution in [2.45, 2.75) is 18.9 Å². The van der Waals surface area contributed by atoms with Gasteiger partial charge in [-0.15, -0.1) is 0 Å². The maximum atomic E-state index is 12.0. The molecular weight excluding hydrogens is 220 g/mol. The highest BCUT2D eigenvalue weighted by Gasteiger charge is 2.38. The van der Waals surface area contributed by atoms with Crippen LogP contribution in [-0.2, 0) is 4.79 Å². The van der Waals surface area contributed by atoms with E-state index in [0.717, 1.165) is 4.90 Å². The fraction of sp³-hybridized carbons (Fsp3) is 0.333. The molecule has 1 aromatic rings. The van der Waals surface area contributed by atoms with E-state index in [-0.39, 0.29) is 12.5 Å². The van der Waals surface area contributed by atoms with Crippen LogP contribution >= 0.6 is 0 Å². The third-order valence-electron chi connectivity index (χ3n) is 2.68. The van der Waals surface area contributed by atoms with Crippen LogP contribution in [0.5, 0.6) is 0 Å². The van der Waals surface area contributed by atoms with Crippen molar-refractivity contribution < 1.29 is 14.7 Å². The van der Waals surface area contributed by atoms with E-state index in [1.54, 1.807) is 24.3 Å². The van der Waals surface area contributed by atoms with Crippen LogP contribution < -0.4 is 10.2 Å². The zero-order valence-electron chi connectivity index (χ0n) is 9.30. The average molecular weight is 234 g/mol. The number of amides is 3. The van der Waals surface area contributed by atoms with E-state index in [0.29, 0.717) is 18.5 Å². The third kappa shape index (κ3) is 2.29. The molecular formula is C12H14N2O3. The van der Waals surface area contributed by atoms with Crippen molar-refractivity contribution in [1.82, 2.24) is 5.32 Å². The molecule has 1 fully saturated rings. The Kier molecular flexibility index (Phi) is 3.39. The Morgan fingerprint density at radius 2 is 1.94 bits per heavy atom. The summed E-state index contributed by atoms with van der Waals surface area (Å²) in [6, 6.07) is 7.88. The van der Waals surface area contributed by atoms with E-state index < -0.39 is 12.1 Å². The molecule has 0 saturated carbocycles. The van der Waals surface area contributed by atoms with Gasteiger partial charge in [0.05, 0.1) is 5.69 Å². The maximum Gasteiger partial charge on any atom is 0.329 e. The quantitative estimate of drug-likeness (QED) is 0.760. The van der Waals surface area contributed by atoms with Crippen LogP contribution in [0.3, 0.4) is 0 Å². The standard InChI is InChI=1S/C12H14N2O3/c15-8-4-7-10-11(16)14(12(17)13-10)9-5-2-1-3-6-9/h1-3,5-6,10,15H,4,7-8H2,(H,13,17). The fourth-order valence-electron chi connectivity index (χ4n) is 1.84. The molecule has 1 aromatic carbocycles. The summed E-state index contributed by atoms with van der Waals surface area (Å²) in [5.74, 6) is -0.255. The second-order valence-corrected chi connectivity index (χ2v) is 3.88. The van der Waals surface area contributed by atoms with Crippen molar-refractivity contribution in [2.24, 2.45) is 0 Å². The molecule has 17 heavy (non-hydrogen) atoms. The number of rotatable bonds is 4. The number of carbonyl (C=O) groups is 2. The van der Waals surface area contributed by atoms with E-state index in [9.17, 15) is 9.59 Å². The Balaban J connectivity index is 2.15. The Bertz CT molecular complexity index is 419. The van der Waals surface area contributed by atoms with Crippen LogP contribution in [0.1, 0.15) is 12.8 Å². The Morgan fingerprint density at radius 1 is 1.24 bits per heavy atom. The maximum absolute atomic E-state index is 12.0. The van der Waals surface area contributed by atoms with Crippen molar-refractivity contribution in [2.75, 3.05) is 11.5 Å². The summed E-state index contributed by atoms with van der Waals surface area (Å²) in [5, 5.41) is 11.3. The zero-order chi connectivity index (χ0) is 12.3. The summed E-state index contributed by atoms with van der Waals surface area (Å²) in [5.41, 5.74) is 0.571. The number of hydrogen-bond donors (Lipinski definition) is 2. The van der Waals surface area contributed by atoms with Crippen LogP contribution in [0.15, 0.2) is 30.3 Å². The monoisotopic (exact) mass is 234 g/mol. The summed E-state index contributed by atoms with van der Waals surface area (Å²) in [7, 11) is 0. The van der Waals surface area contributed by atoms with Crippen LogP contribution in [0.2, 0.25) is 0 Å². The van der Waals surface area contributed by atoms with Crippen molar-refractivity contribution in [3.05, 3.63) is 30.3 Å². The third-order valence-corrected chi connectivity index (χ3v) is 2.68. The van der Waals surface area contributed by atoms with Gasteiger partial charge >= 0.3 is 6.03 Å². The van der Waals surface area contributed by atoms with Crippen LogP contribution in [0.25, 0.3) is 0 Å². The van der Waals surface area contributed by atoms with Crippen molar-refractivity contribution in [1.29, 1.82) is 0 Å².